The van der Waals surface area contributed by atoms with Gasteiger partial charge in [0.25, 0.3) is 10.1 Å². The maximum atomic E-state index is 10.9. The zero-order chi connectivity index (χ0) is 16.2. The first kappa shape index (κ1) is 16.9. The molecule has 10 heteroatoms. The largest absolute Gasteiger partial charge is 0.305 e. The lowest BCUT2D eigenvalue weighted by Gasteiger charge is -2.07. The third kappa shape index (κ3) is 4.70. The van der Waals surface area contributed by atoms with Crippen LogP contribution in [0.4, 0.5) is 0 Å². The molecule has 0 atom stereocenters. The van der Waals surface area contributed by atoms with Crippen LogP contribution in [0.25, 0.3) is 0 Å². The molecule has 9 nitrogen and oxygen atoms in total. The lowest BCUT2D eigenvalue weighted by molar-refractivity contribution is -0.653. The van der Waals surface area contributed by atoms with E-state index >= 15 is 0 Å². The minimum Gasteiger partial charge on any atom is -0.305 e. The first-order valence-corrected chi connectivity index (χ1v) is 7.23. The minimum absolute atomic E-state index is 0.0260. The quantitative estimate of drug-likeness (QED) is 0.416. The first-order chi connectivity index (χ1) is 9.62. The summed E-state index contributed by atoms with van der Waals surface area (Å²) in [5, 5.41) is 9.90. The fraction of sp³-hybridized carbons (Fsp3) is 0.273. The maximum Gasteiger partial charge on any atom is 0.295 e. The Bertz CT molecular complexity index is 648. The van der Waals surface area contributed by atoms with E-state index in [1.165, 1.54) is 12.4 Å². The number of hydrogen-bond donors (Lipinski definition) is 3. The van der Waals surface area contributed by atoms with E-state index in [-0.39, 0.29) is 4.90 Å². The van der Waals surface area contributed by atoms with E-state index in [2.05, 4.69) is 11.0 Å². The van der Waals surface area contributed by atoms with Gasteiger partial charge < -0.3 is 5.43 Å². The second-order valence-corrected chi connectivity index (χ2v) is 5.72. The Morgan fingerprint density at radius 3 is 2.05 bits per heavy atom. The van der Waals surface area contributed by atoms with Gasteiger partial charge in [0.1, 0.15) is 6.20 Å². The van der Waals surface area contributed by atoms with E-state index in [0.717, 1.165) is 5.56 Å². The number of nitro groups is 1. The molecule has 21 heavy (non-hydrogen) atoms. The van der Waals surface area contributed by atoms with Gasteiger partial charge in [0.15, 0.2) is 5.03 Å². The predicted octanol–water partition coefficient (Wildman–Crippen LogP) is 0.833. The molecule has 0 radical (unpaired) electrons. The predicted molar refractivity (Wildman–Crippen MR) is 74.7 cm³/mol. The van der Waals surface area contributed by atoms with Crippen LogP contribution in [0.3, 0.4) is 0 Å². The van der Waals surface area contributed by atoms with E-state index in [1.807, 2.05) is 6.92 Å². The normalized spacial score (nSPS) is 13.4. The van der Waals surface area contributed by atoms with Crippen molar-refractivity contribution in [3.8, 4) is 0 Å². The molecule has 116 valence electrons. The lowest BCUT2D eigenvalue weighted by atomic mass is 10.1. The third-order valence-corrected chi connectivity index (χ3v) is 3.68. The Labute approximate surface area is 122 Å². The Kier molecular flexibility index (Phi) is 5.24. The molecule has 0 fully saturated rings. The standard InChI is InChI=1S/C9H12O3S.C2H4N4O2/c1-6-4-7(2)9(8(3)5-6)13(10,11)12;7-6(8)5-2-1-3-4-5/h4-5H,1-3H3,(H,10,11,12);1-4H. The minimum atomic E-state index is -4.08. The van der Waals surface area contributed by atoms with Gasteiger partial charge in [-0.05, 0) is 37.0 Å². The van der Waals surface area contributed by atoms with Gasteiger partial charge in [-0.25, -0.2) is 10.1 Å². The number of nitrogens with zero attached hydrogens (tertiary/aromatic N) is 2. The van der Waals surface area contributed by atoms with E-state index in [4.69, 9.17) is 4.55 Å². The molecule has 0 aliphatic carbocycles. The highest BCUT2D eigenvalue weighted by Gasteiger charge is 2.16. The third-order valence-electron chi connectivity index (χ3n) is 2.52. The van der Waals surface area contributed by atoms with Crippen LogP contribution >= 0.6 is 0 Å². The van der Waals surface area contributed by atoms with Crippen molar-refractivity contribution in [2.45, 2.75) is 25.7 Å². The molecule has 2 rings (SSSR count). The van der Waals surface area contributed by atoms with Crippen molar-refractivity contribution in [2.24, 2.45) is 0 Å². The highest BCUT2D eigenvalue weighted by molar-refractivity contribution is 7.86. The monoisotopic (exact) mass is 316 g/mol. The van der Waals surface area contributed by atoms with E-state index in [1.54, 1.807) is 26.0 Å². The molecular formula is C11H16N4O5S. The van der Waals surface area contributed by atoms with Crippen molar-refractivity contribution in [3.05, 3.63) is 51.3 Å². The highest BCUT2D eigenvalue weighted by Crippen LogP contribution is 2.20. The molecule has 0 unspecified atom stereocenters. The molecule has 0 saturated carbocycles. The van der Waals surface area contributed by atoms with Gasteiger partial charge in [-0.15, -0.1) is 0 Å². The van der Waals surface area contributed by atoms with E-state index in [0.29, 0.717) is 16.2 Å². The molecular weight excluding hydrogens is 300 g/mol. The molecule has 0 bridgehead atoms. The molecule has 1 aliphatic rings. The number of rotatable bonds is 2. The van der Waals surface area contributed by atoms with Crippen molar-refractivity contribution in [1.29, 1.82) is 0 Å². The molecule has 0 spiro atoms. The van der Waals surface area contributed by atoms with Gasteiger partial charge in [-0.2, -0.15) is 8.42 Å². The summed E-state index contributed by atoms with van der Waals surface area (Å²) >= 11 is 0. The summed E-state index contributed by atoms with van der Waals surface area (Å²) in [6.45, 7) is 5.22. The topological polar surface area (TPSA) is 125 Å². The van der Waals surface area contributed by atoms with Crippen LogP contribution in [0, 0.1) is 30.9 Å². The fourth-order valence-corrected chi connectivity index (χ4v) is 2.85. The highest BCUT2D eigenvalue weighted by atomic mass is 32.2. The Hall–Kier alpha value is -2.17. The Balaban J connectivity index is 0.000000235. The molecule has 0 amide bonds. The van der Waals surface area contributed by atoms with Crippen LogP contribution in [0.2, 0.25) is 0 Å². The van der Waals surface area contributed by atoms with E-state index < -0.39 is 15.2 Å². The smallest absolute Gasteiger partial charge is 0.295 e. The van der Waals surface area contributed by atoms with Gasteiger partial charge in [-0.3, -0.25) is 4.55 Å². The Morgan fingerprint density at radius 1 is 1.24 bits per heavy atom. The van der Waals surface area contributed by atoms with Gasteiger partial charge in [0.05, 0.1) is 4.90 Å². The van der Waals surface area contributed by atoms with Crippen LogP contribution < -0.4 is 11.0 Å². The van der Waals surface area contributed by atoms with Crippen LogP contribution in [0.1, 0.15) is 16.7 Å². The average molecular weight is 316 g/mol. The number of hydrazine groups is 3. The van der Waals surface area contributed by atoms with Crippen LogP contribution in [0.5, 0.6) is 0 Å². The SMILES string of the molecule is Cc1cc(C)c(S(=O)(=O)O)c(C)c1.O=[N+]([O-])N1C=CNN1. The summed E-state index contributed by atoms with van der Waals surface area (Å²) < 4.78 is 30.8. The van der Waals surface area contributed by atoms with Crippen molar-refractivity contribution in [2.75, 3.05) is 0 Å². The van der Waals surface area contributed by atoms with Gasteiger partial charge in [-0.1, -0.05) is 23.2 Å². The van der Waals surface area contributed by atoms with E-state index in [9.17, 15) is 18.5 Å². The Morgan fingerprint density at radius 2 is 1.76 bits per heavy atom. The molecule has 0 saturated heterocycles. The first-order valence-electron chi connectivity index (χ1n) is 5.79. The van der Waals surface area contributed by atoms with Gasteiger partial charge in [0, 0.05) is 6.20 Å². The van der Waals surface area contributed by atoms with Crippen molar-refractivity contribution >= 4 is 10.1 Å². The molecule has 1 aromatic carbocycles. The summed E-state index contributed by atoms with van der Waals surface area (Å²) in [7, 11) is -4.08. The van der Waals surface area contributed by atoms with Crippen molar-refractivity contribution in [3.63, 3.8) is 0 Å². The summed E-state index contributed by atoms with van der Waals surface area (Å²) in [5.74, 6) is 0. The van der Waals surface area contributed by atoms with Gasteiger partial charge in [0.2, 0.25) is 0 Å². The lowest BCUT2D eigenvalue weighted by Crippen LogP contribution is -2.39. The van der Waals surface area contributed by atoms with Crippen LogP contribution in [-0.4, -0.2) is 23.1 Å². The average Bonchev–Trinajstić information content (AvgIpc) is 2.78. The fourth-order valence-electron chi connectivity index (χ4n) is 1.92. The summed E-state index contributed by atoms with van der Waals surface area (Å²) in [6.07, 6.45) is 2.68. The number of hydrogen-bond acceptors (Lipinski definition) is 6. The second kappa shape index (κ2) is 6.52. The zero-order valence-corrected chi connectivity index (χ0v) is 12.5. The molecule has 0 aromatic heterocycles. The van der Waals surface area contributed by atoms with Crippen molar-refractivity contribution in [1.82, 2.24) is 16.1 Å². The molecule has 3 N–H and O–H groups in total. The number of nitrogens with one attached hydrogen (secondary N) is 2. The summed E-state index contributed by atoms with van der Waals surface area (Å²) in [6, 6.07) is 3.46. The number of benzene rings is 1. The molecule has 1 heterocycles. The summed E-state index contributed by atoms with van der Waals surface area (Å²) in [5.41, 5.74) is 6.79. The maximum absolute atomic E-state index is 10.9. The van der Waals surface area contributed by atoms with Crippen LogP contribution in [-0.2, 0) is 10.1 Å². The molecule has 1 aromatic rings. The summed E-state index contributed by atoms with van der Waals surface area (Å²) in [4.78, 5) is 9.81. The van der Waals surface area contributed by atoms with Crippen LogP contribution in [0.15, 0.2) is 29.4 Å². The number of aryl methyl sites for hydroxylation is 3. The van der Waals surface area contributed by atoms with Gasteiger partial charge >= 0.3 is 0 Å². The second-order valence-electron chi connectivity index (χ2n) is 4.36. The zero-order valence-electron chi connectivity index (χ0n) is 11.7. The van der Waals surface area contributed by atoms with Crippen molar-refractivity contribution < 1.29 is 18.0 Å². The molecule has 1 aliphatic heterocycles.